The first-order valence-corrected chi connectivity index (χ1v) is 7.46. The first-order chi connectivity index (χ1) is 10.5. The van der Waals surface area contributed by atoms with Crippen LogP contribution in [0, 0.1) is 11.7 Å². The second kappa shape index (κ2) is 8.84. The number of amides is 1. The van der Waals surface area contributed by atoms with E-state index in [0.29, 0.717) is 32.5 Å². The third kappa shape index (κ3) is 5.48. The van der Waals surface area contributed by atoms with Gasteiger partial charge in [-0.05, 0) is 50.6 Å². The molecule has 0 radical (unpaired) electrons. The molecule has 0 saturated carbocycles. The number of hydrogen-bond donors (Lipinski definition) is 2. The Balaban J connectivity index is 0.00000264. The van der Waals surface area contributed by atoms with Crippen molar-refractivity contribution < 1.29 is 19.1 Å². The van der Waals surface area contributed by atoms with E-state index in [4.69, 9.17) is 5.11 Å². The molecule has 1 aromatic carbocycles. The van der Waals surface area contributed by atoms with Gasteiger partial charge in [0.05, 0.1) is 12.0 Å². The number of carboxylic acids is 1. The molecule has 0 aliphatic carbocycles. The Morgan fingerprint density at radius 3 is 2.39 bits per heavy atom. The van der Waals surface area contributed by atoms with Gasteiger partial charge in [-0.15, -0.1) is 12.4 Å². The van der Waals surface area contributed by atoms with Crippen molar-refractivity contribution in [1.29, 1.82) is 0 Å². The number of carbonyl (C=O) groups excluding carboxylic acids is 1. The first-order valence-electron chi connectivity index (χ1n) is 7.46. The van der Waals surface area contributed by atoms with Crippen LogP contribution in [0.15, 0.2) is 24.3 Å². The Morgan fingerprint density at radius 2 is 1.87 bits per heavy atom. The molecule has 1 aliphatic heterocycles. The van der Waals surface area contributed by atoms with E-state index in [9.17, 15) is 14.0 Å². The monoisotopic (exact) mass is 344 g/mol. The van der Waals surface area contributed by atoms with Crippen LogP contribution in [0.2, 0.25) is 0 Å². The molecule has 23 heavy (non-hydrogen) atoms. The van der Waals surface area contributed by atoms with Gasteiger partial charge in [-0.2, -0.15) is 0 Å². The Labute approximate surface area is 141 Å². The quantitative estimate of drug-likeness (QED) is 0.857. The van der Waals surface area contributed by atoms with Crippen molar-refractivity contribution in [2.24, 2.45) is 5.92 Å². The molecule has 1 aliphatic rings. The lowest BCUT2D eigenvalue weighted by Crippen LogP contribution is -2.48. The minimum atomic E-state index is -0.756. The zero-order valence-electron chi connectivity index (χ0n) is 13.0. The van der Waals surface area contributed by atoms with Crippen molar-refractivity contribution >= 4 is 24.3 Å². The van der Waals surface area contributed by atoms with E-state index in [1.54, 1.807) is 12.1 Å². The maximum absolute atomic E-state index is 12.8. The molecular weight excluding hydrogens is 323 g/mol. The van der Waals surface area contributed by atoms with Crippen molar-refractivity contribution in [2.75, 3.05) is 13.1 Å². The van der Waals surface area contributed by atoms with Gasteiger partial charge < -0.3 is 10.4 Å². The van der Waals surface area contributed by atoms with Crippen LogP contribution >= 0.6 is 12.4 Å². The van der Waals surface area contributed by atoms with Gasteiger partial charge >= 0.3 is 5.97 Å². The molecule has 1 heterocycles. The third-order valence-corrected chi connectivity index (χ3v) is 4.19. The smallest absolute Gasteiger partial charge is 0.306 e. The first kappa shape index (κ1) is 19.4. The van der Waals surface area contributed by atoms with Gasteiger partial charge in [0.25, 0.3) is 0 Å². The normalized spacial score (nSPS) is 17.1. The Hall–Kier alpha value is -1.66. The van der Waals surface area contributed by atoms with Gasteiger partial charge in [0, 0.05) is 6.54 Å². The summed E-state index contributed by atoms with van der Waals surface area (Å²) in [4.78, 5) is 25.1. The SMILES string of the molecule is CC(C(=O)NCc1ccc(F)cc1)N1CCC(C(=O)O)CC1.Cl. The van der Waals surface area contributed by atoms with Gasteiger partial charge in [0.2, 0.25) is 5.91 Å². The second-order valence-corrected chi connectivity index (χ2v) is 5.67. The third-order valence-electron chi connectivity index (χ3n) is 4.19. The molecule has 1 aromatic rings. The lowest BCUT2D eigenvalue weighted by atomic mass is 9.96. The number of hydrogen-bond acceptors (Lipinski definition) is 3. The zero-order chi connectivity index (χ0) is 16.1. The van der Waals surface area contributed by atoms with Crippen LogP contribution in [0.4, 0.5) is 4.39 Å². The largest absolute Gasteiger partial charge is 0.481 e. The minimum absolute atomic E-state index is 0. The fraction of sp³-hybridized carbons (Fsp3) is 0.500. The van der Waals surface area contributed by atoms with Crippen LogP contribution < -0.4 is 5.32 Å². The van der Waals surface area contributed by atoms with Crippen LogP contribution in [-0.2, 0) is 16.1 Å². The van der Waals surface area contributed by atoms with Crippen molar-refractivity contribution in [3.05, 3.63) is 35.6 Å². The number of piperidine rings is 1. The molecule has 1 amide bonds. The highest BCUT2D eigenvalue weighted by Crippen LogP contribution is 2.19. The molecule has 7 heteroatoms. The van der Waals surface area contributed by atoms with Gasteiger partial charge in [0.1, 0.15) is 5.82 Å². The summed E-state index contributed by atoms with van der Waals surface area (Å²) in [5.41, 5.74) is 0.839. The fourth-order valence-electron chi connectivity index (χ4n) is 2.64. The Kier molecular flexibility index (Phi) is 7.45. The predicted molar refractivity (Wildman–Crippen MR) is 86.9 cm³/mol. The molecule has 0 aromatic heterocycles. The lowest BCUT2D eigenvalue weighted by molar-refractivity contribution is -0.143. The molecule has 0 bridgehead atoms. The maximum atomic E-state index is 12.8. The molecule has 1 atom stereocenters. The van der Waals surface area contributed by atoms with Crippen LogP contribution in [0.1, 0.15) is 25.3 Å². The van der Waals surface area contributed by atoms with Crippen molar-refractivity contribution in [1.82, 2.24) is 10.2 Å². The fourth-order valence-corrected chi connectivity index (χ4v) is 2.64. The molecule has 128 valence electrons. The number of likely N-dealkylation sites (tertiary alicyclic amines) is 1. The summed E-state index contributed by atoms with van der Waals surface area (Å²) < 4.78 is 12.8. The van der Waals surface area contributed by atoms with Gasteiger partial charge in [0.15, 0.2) is 0 Å². The molecule has 2 N–H and O–H groups in total. The van der Waals surface area contributed by atoms with Crippen molar-refractivity contribution in [2.45, 2.75) is 32.4 Å². The topological polar surface area (TPSA) is 69.6 Å². The van der Waals surface area contributed by atoms with Crippen molar-refractivity contribution in [3.8, 4) is 0 Å². The summed E-state index contributed by atoms with van der Waals surface area (Å²) in [6, 6.07) is 5.70. The van der Waals surface area contributed by atoms with E-state index in [1.807, 2.05) is 11.8 Å². The van der Waals surface area contributed by atoms with Gasteiger partial charge in [-0.3, -0.25) is 14.5 Å². The highest BCUT2D eigenvalue weighted by Gasteiger charge is 2.29. The summed E-state index contributed by atoms with van der Waals surface area (Å²) in [5.74, 6) is -1.46. The number of nitrogens with one attached hydrogen (secondary N) is 1. The molecular formula is C16H22ClFN2O3. The summed E-state index contributed by atoms with van der Waals surface area (Å²) in [6.07, 6.45) is 1.15. The molecule has 1 fully saturated rings. The summed E-state index contributed by atoms with van der Waals surface area (Å²) in [6.45, 7) is 3.40. The summed E-state index contributed by atoms with van der Waals surface area (Å²) in [7, 11) is 0. The van der Waals surface area contributed by atoms with E-state index in [2.05, 4.69) is 5.32 Å². The van der Waals surface area contributed by atoms with E-state index >= 15 is 0 Å². The van der Waals surface area contributed by atoms with E-state index in [-0.39, 0.29) is 36.1 Å². The van der Waals surface area contributed by atoms with Crippen LogP contribution in [0.5, 0.6) is 0 Å². The number of carbonyl (C=O) groups is 2. The van der Waals surface area contributed by atoms with E-state index < -0.39 is 5.97 Å². The van der Waals surface area contributed by atoms with E-state index in [1.165, 1.54) is 12.1 Å². The summed E-state index contributed by atoms with van der Waals surface area (Å²) >= 11 is 0. The van der Waals surface area contributed by atoms with Crippen LogP contribution in [0.25, 0.3) is 0 Å². The molecule has 2 rings (SSSR count). The Bertz CT molecular complexity index is 531. The number of benzene rings is 1. The average Bonchev–Trinajstić information content (AvgIpc) is 2.53. The highest BCUT2D eigenvalue weighted by atomic mass is 35.5. The molecule has 1 unspecified atom stereocenters. The number of rotatable bonds is 5. The number of nitrogens with zero attached hydrogens (tertiary/aromatic N) is 1. The Morgan fingerprint density at radius 1 is 1.30 bits per heavy atom. The molecule has 5 nitrogen and oxygen atoms in total. The second-order valence-electron chi connectivity index (χ2n) is 5.67. The zero-order valence-corrected chi connectivity index (χ0v) is 13.8. The van der Waals surface area contributed by atoms with Crippen LogP contribution in [0.3, 0.4) is 0 Å². The van der Waals surface area contributed by atoms with E-state index in [0.717, 1.165) is 5.56 Å². The summed E-state index contributed by atoms with van der Waals surface area (Å²) in [5, 5.41) is 11.8. The molecule has 1 saturated heterocycles. The van der Waals surface area contributed by atoms with Crippen molar-refractivity contribution in [3.63, 3.8) is 0 Å². The lowest BCUT2D eigenvalue weighted by Gasteiger charge is -2.33. The minimum Gasteiger partial charge on any atom is -0.481 e. The van der Waals surface area contributed by atoms with Crippen LogP contribution in [-0.4, -0.2) is 41.0 Å². The molecule has 0 spiro atoms. The maximum Gasteiger partial charge on any atom is 0.306 e. The number of halogens is 2. The standard InChI is InChI=1S/C16H21FN2O3.ClH/c1-11(19-8-6-13(7-9-19)16(21)22)15(20)18-10-12-2-4-14(17)5-3-12;/h2-5,11,13H,6-10H2,1H3,(H,18,20)(H,21,22);1H. The van der Waals surface area contributed by atoms with Gasteiger partial charge in [-0.1, -0.05) is 12.1 Å². The predicted octanol–water partition coefficient (Wildman–Crippen LogP) is 2.05. The number of aliphatic carboxylic acids is 1. The van der Waals surface area contributed by atoms with Gasteiger partial charge in [-0.25, -0.2) is 4.39 Å². The average molecular weight is 345 g/mol. The number of carboxylic acid groups (broad SMARTS) is 1. The highest BCUT2D eigenvalue weighted by molar-refractivity contribution is 5.85.